The van der Waals surface area contributed by atoms with Gasteiger partial charge >= 0.3 is 0 Å². The van der Waals surface area contributed by atoms with Gasteiger partial charge in [0, 0.05) is 18.2 Å². The quantitative estimate of drug-likeness (QED) is 0.604. The molecule has 4 heteroatoms. The van der Waals surface area contributed by atoms with Gasteiger partial charge in [-0.3, -0.25) is 0 Å². The summed E-state index contributed by atoms with van der Waals surface area (Å²) in [6.45, 7) is 0.178. The molecule has 0 aliphatic carbocycles. The van der Waals surface area contributed by atoms with Crippen LogP contribution in [0.3, 0.4) is 0 Å². The number of halogens is 1. The first kappa shape index (κ1) is 8.96. The van der Waals surface area contributed by atoms with Crippen LogP contribution >= 0.6 is 0 Å². The maximum absolute atomic E-state index is 12.7. The average Bonchev–Trinajstić information content (AvgIpc) is 2.08. The summed E-state index contributed by atoms with van der Waals surface area (Å²) in [6.07, 6.45) is 0. The highest BCUT2D eigenvalue weighted by Crippen LogP contribution is 2.24. The number of rotatable bonds is 2. The van der Waals surface area contributed by atoms with E-state index in [2.05, 4.69) is 0 Å². The van der Waals surface area contributed by atoms with E-state index in [9.17, 15) is 9.50 Å². The van der Waals surface area contributed by atoms with Crippen LogP contribution in [0.15, 0.2) is 18.2 Å². The van der Waals surface area contributed by atoms with E-state index in [4.69, 9.17) is 11.5 Å². The zero-order chi connectivity index (χ0) is 9.14. The molecule has 1 aromatic carbocycles. The van der Waals surface area contributed by atoms with E-state index in [-0.39, 0.29) is 6.54 Å². The minimum atomic E-state index is -0.670. The largest absolute Gasteiger partial charge is 0.505 e. The Kier molecular flexibility index (Phi) is 2.62. The average molecular weight is 170 g/mol. The summed E-state index contributed by atoms with van der Waals surface area (Å²) >= 11 is 0. The summed E-state index contributed by atoms with van der Waals surface area (Å²) in [4.78, 5) is 0. The predicted molar refractivity (Wildman–Crippen MR) is 44.0 cm³/mol. The maximum Gasteiger partial charge on any atom is 0.165 e. The Morgan fingerprint density at radius 3 is 2.75 bits per heavy atom. The molecule has 0 aliphatic rings. The topological polar surface area (TPSA) is 72.3 Å². The molecule has 0 radical (unpaired) electrons. The minimum absolute atomic E-state index is 0.178. The van der Waals surface area contributed by atoms with Gasteiger partial charge in [0.05, 0.1) is 0 Å². The summed E-state index contributed by atoms with van der Waals surface area (Å²) in [6, 6.07) is 3.69. The van der Waals surface area contributed by atoms with E-state index in [0.717, 1.165) is 0 Å². The fourth-order valence-corrected chi connectivity index (χ4v) is 0.958. The van der Waals surface area contributed by atoms with Gasteiger partial charge in [0.1, 0.15) is 0 Å². The molecule has 0 saturated carbocycles. The molecule has 0 bridgehead atoms. The molecule has 0 aliphatic heterocycles. The molecule has 5 N–H and O–H groups in total. The van der Waals surface area contributed by atoms with Crippen molar-refractivity contribution < 1.29 is 9.50 Å². The summed E-state index contributed by atoms with van der Waals surface area (Å²) in [5.41, 5.74) is 11.1. The third-order valence-electron chi connectivity index (χ3n) is 1.67. The molecule has 1 aromatic rings. The lowest BCUT2D eigenvalue weighted by Gasteiger charge is -2.10. The smallest absolute Gasteiger partial charge is 0.165 e. The molecule has 0 saturated heterocycles. The van der Waals surface area contributed by atoms with Gasteiger partial charge in [-0.15, -0.1) is 0 Å². The van der Waals surface area contributed by atoms with E-state index in [1.54, 1.807) is 6.07 Å². The zero-order valence-corrected chi connectivity index (χ0v) is 6.50. The van der Waals surface area contributed by atoms with Crippen LogP contribution in [0.1, 0.15) is 11.6 Å². The minimum Gasteiger partial charge on any atom is -0.505 e. The van der Waals surface area contributed by atoms with Crippen molar-refractivity contribution in [3.63, 3.8) is 0 Å². The van der Waals surface area contributed by atoms with Gasteiger partial charge in [-0.05, 0) is 6.07 Å². The third kappa shape index (κ3) is 1.54. The highest BCUT2D eigenvalue weighted by Gasteiger charge is 2.11. The first-order chi connectivity index (χ1) is 5.66. The van der Waals surface area contributed by atoms with Gasteiger partial charge < -0.3 is 16.6 Å². The molecule has 0 aromatic heterocycles. The number of nitrogens with two attached hydrogens (primary N) is 2. The first-order valence-corrected chi connectivity index (χ1v) is 3.60. The van der Waals surface area contributed by atoms with Gasteiger partial charge in [-0.2, -0.15) is 0 Å². The van der Waals surface area contributed by atoms with Crippen molar-refractivity contribution in [1.29, 1.82) is 0 Å². The van der Waals surface area contributed by atoms with Crippen LogP contribution in [0, 0.1) is 5.82 Å². The van der Waals surface area contributed by atoms with Crippen LogP contribution in [-0.2, 0) is 0 Å². The van der Waals surface area contributed by atoms with Crippen molar-refractivity contribution >= 4 is 0 Å². The summed E-state index contributed by atoms with van der Waals surface area (Å²) < 4.78 is 12.7. The molecule has 1 rings (SSSR count). The SMILES string of the molecule is NCC(N)c1cccc(F)c1O. The van der Waals surface area contributed by atoms with Crippen LogP contribution in [-0.4, -0.2) is 11.7 Å². The predicted octanol–water partition coefficient (Wildman–Crippen LogP) is 0.490. The highest BCUT2D eigenvalue weighted by molar-refractivity contribution is 5.35. The molecule has 0 amide bonds. The molecular formula is C8H11FN2O. The lowest BCUT2D eigenvalue weighted by Crippen LogP contribution is -2.20. The van der Waals surface area contributed by atoms with Gasteiger partial charge in [-0.1, -0.05) is 12.1 Å². The summed E-state index contributed by atoms with van der Waals surface area (Å²) in [7, 11) is 0. The van der Waals surface area contributed by atoms with Crippen LogP contribution < -0.4 is 11.5 Å². The molecule has 0 spiro atoms. The lowest BCUT2D eigenvalue weighted by molar-refractivity contribution is 0.421. The van der Waals surface area contributed by atoms with Crippen LogP contribution in [0.5, 0.6) is 5.75 Å². The van der Waals surface area contributed by atoms with Crippen molar-refractivity contribution in [2.24, 2.45) is 11.5 Å². The Hall–Kier alpha value is -1.13. The van der Waals surface area contributed by atoms with Crippen molar-refractivity contribution in [2.45, 2.75) is 6.04 Å². The second kappa shape index (κ2) is 3.51. The number of phenolic OH excluding ortho intramolecular Hbond substituents is 1. The Morgan fingerprint density at radius 2 is 2.17 bits per heavy atom. The highest BCUT2D eigenvalue weighted by atomic mass is 19.1. The zero-order valence-electron chi connectivity index (χ0n) is 6.50. The maximum atomic E-state index is 12.7. The number of hydrogen-bond donors (Lipinski definition) is 3. The molecule has 0 heterocycles. The third-order valence-corrected chi connectivity index (χ3v) is 1.67. The van der Waals surface area contributed by atoms with Crippen LogP contribution in [0.2, 0.25) is 0 Å². The Balaban J connectivity index is 3.07. The van der Waals surface area contributed by atoms with Crippen LogP contribution in [0.4, 0.5) is 4.39 Å². The van der Waals surface area contributed by atoms with Gasteiger partial charge in [0.2, 0.25) is 0 Å². The van der Waals surface area contributed by atoms with E-state index in [0.29, 0.717) is 5.56 Å². The van der Waals surface area contributed by atoms with E-state index >= 15 is 0 Å². The number of hydrogen-bond acceptors (Lipinski definition) is 3. The molecule has 1 unspecified atom stereocenters. The number of aromatic hydroxyl groups is 1. The van der Waals surface area contributed by atoms with Crippen molar-refractivity contribution in [2.75, 3.05) is 6.54 Å². The van der Waals surface area contributed by atoms with Gasteiger partial charge in [0.15, 0.2) is 11.6 Å². The molecular weight excluding hydrogens is 159 g/mol. The molecule has 0 fully saturated rings. The fourth-order valence-electron chi connectivity index (χ4n) is 0.958. The second-order valence-corrected chi connectivity index (χ2v) is 2.52. The summed E-state index contributed by atoms with van der Waals surface area (Å²) in [5, 5.41) is 9.19. The molecule has 3 nitrogen and oxygen atoms in total. The van der Waals surface area contributed by atoms with Crippen molar-refractivity contribution in [3.05, 3.63) is 29.6 Å². The standard InChI is InChI=1S/C8H11FN2O/c9-6-3-1-2-5(8(6)12)7(11)4-10/h1-3,7,12H,4,10-11H2. The van der Waals surface area contributed by atoms with E-state index in [1.165, 1.54) is 12.1 Å². The summed E-state index contributed by atoms with van der Waals surface area (Å²) in [5.74, 6) is -1.08. The number of phenols is 1. The number of benzene rings is 1. The molecule has 1 atom stereocenters. The Labute approximate surface area is 69.8 Å². The van der Waals surface area contributed by atoms with Crippen LogP contribution in [0.25, 0.3) is 0 Å². The van der Waals surface area contributed by atoms with Crippen molar-refractivity contribution in [1.82, 2.24) is 0 Å². The van der Waals surface area contributed by atoms with E-state index < -0.39 is 17.6 Å². The fraction of sp³-hybridized carbons (Fsp3) is 0.250. The molecule has 66 valence electrons. The normalized spacial score (nSPS) is 12.9. The Bertz CT molecular complexity index is 278. The lowest BCUT2D eigenvalue weighted by atomic mass is 10.1. The Morgan fingerprint density at radius 1 is 1.50 bits per heavy atom. The van der Waals surface area contributed by atoms with Gasteiger partial charge in [0.25, 0.3) is 0 Å². The molecule has 12 heavy (non-hydrogen) atoms. The number of para-hydroxylation sites is 1. The van der Waals surface area contributed by atoms with Crippen molar-refractivity contribution in [3.8, 4) is 5.75 Å². The van der Waals surface area contributed by atoms with Gasteiger partial charge in [-0.25, -0.2) is 4.39 Å². The van der Waals surface area contributed by atoms with E-state index in [1.807, 2.05) is 0 Å². The monoisotopic (exact) mass is 170 g/mol. The first-order valence-electron chi connectivity index (χ1n) is 3.60. The second-order valence-electron chi connectivity index (χ2n) is 2.52.